The van der Waals surface area contributed by atoms with Gasteiger partial charge in [-0.25, -0.2) is 0 Å². The summed E-state index contributed by atoms with van der Waals surface area (Å²) in [5.41, 5.74) is 1.92. The van der Waals surface area contributed by atoms with Crippen LogP contribution >= 0.6 is 0 Å². The molecule has 0 radical (unpaired) electrons. The van der Waals surface area contributed by atoms with Crippen molar-refractivity contribution in [2.45, 2.75) is 24.5 Å². The van der Waals surface area contributed by atoms with Crippen LogP contribution in [0.25, 0.3) is 0 Å². The second-order valence-corrected chi connectivity index (χ2v) is 7.28. The van der Waals surface area contributed by atoms with Crippen molar-refractivity contribution < 1.29 is 17.7 Å². The summed E-state index contributed by atoms with van der Waals surface area (Å²) in [7, 11) is -3.70. The van der Waals surface area contributed by atoms with Crippen LogP contribution in [0.4, 0.5) is 0 Å². The van der Waals surface area contributed by atoms with Crippen molar-refractivity contribution in [2.24, 2.45) is 0 Å². The largest absolute Gasteiger partial charge is 0.396 e. The van der Waals surface area contributed by atoms with Gasteiger partial charge in [-0.1, -0.05) is 60.7 Å². The number of benzene rings is 2. The molecule has 2 aromatic rings. The van der Waals surface area contributed by atoms with Crippen LogP contribution in [0, 0.1) is 0 Å². The van der Waals surface area contributed by atoms with Crippen LogP contribution in [0.1, 0.15) is 17.5 Å². The third-order valence-electron chi connectivity index (χ3n) is 3.57. The first-order valence-corrected chi connectivity index (χ1v) is 9.16. The molecule has 124 valence electrons. The van der Waals surface area contributed by atoms with E-state index in [-0.39, 0.29) is 13.2 Å². The van der Waals surface area contributed by atoms with E-state index in [0.29, 0.717) is 19.3 Å². The molecule has 0 atom stereocenters. The number of hydrogen-bond donors (Lipinski definition) is 1. The highest BCUT2D eigenvalue weighted by atomic mass is 32.2. The van der Waals surface area contributed by atoms with E-state index in [1.54, 1.807) is 0 Å². The van der Waals surface area contributed by atoms with Crippen LogP contribution < -0.4 is 0 Å². The quantitative estimate of drug-likeness (QED) is 0.565. The van der Waals surface area contributed by atoms with Gasteiger partial charge in [0, 0.05) is 6.61 Å². The zero-order valence-electron chi connectivity index (χ0n) is 13.0. The summed E-state index contributed by atoms with van der Waals surface area (Å²) in [6.07, 6.45) is 1.11. The van der Waals surface area contributed by atoms with Crippen LogP contribution in [0.3, 0.4) is 0 Å². The number of aliphatic hydroxyl groups excluding tert-OH is 1. The van der Waals surface area contributed by atoms with Crippen LogP contribution in [-0.4, -0.2) is 32.0 Å². The summed E-state index contributed by atoms with van der Waals surface area (Å²) in [4.78, 5) is 0. The summed E-state index contributed by atoms with van der Waals surface area (Å²) < 4.78 is 30.1. The zero-order valence-corrected chi connectivity index (χ0v) is 13.8. The Balaban J connectivity index is 2.16. The smallest absolute Gasteiger partial charge is 0.270 e. The Morgan fingerprint density at radius 3 is 1.78 bits per heavy atom. The summed E-state index contributed by atoms with van der Waals surface area (Å²) >= 11 is 0. The molecule has 4 nitrogen and oxygen atoms in total. The van der Waals surface area contributed by atoms with Gasteiger partial charge < -0.3 is 5.11 Å². The lowest BCUT2D eigenvalue weighted by Crippen LogP contribution is -2.28. The number of aliphatic hydroxyl groups is 1. The van der Waals surface area contributed by atoms with Crippen LogP contribution in [0.2, 0.25) is 0 Å². The lowest BCUT2D eigenvalue weighted by Gasteiger charge is -2.18. The molecule has 2 rings (SSSR count). The molecule has 0 aliphatic rings. The minimum absolute atomic E-state index is 0.0128. The van der Waals surface area contributed by atoms with Crippen molar-refractivity contribution in [3.05, 3.63) is 71.8 Å². The number of rotatable bonds is 9. The average molecular weight is 334 g/mol. The van der Waals surface area contributed by atoms with Gasteiger partial charge in [0.05, 0.1) is 11.9 Å². The molecule has 0 saturated heterocycles. The maximum absolute atomic E-state index is 12.5. The van der Waals surface area contributed by atoms with E-state index < -0.39 is 15.4 Å². The van der Waals surface area contributed by atoms with Gasteiger partial charge in [-0.05, 0) is 30.4 Å². The molecule has 0 unspecified atom stereocenters. The van der Waals surface area contributed by atoms with Gasteiger partial charge in [-0.15, -0.1) is 0 Å². The Bertz CT molecular complexity index is 627. The fourth-order valence-electron chi connectivity index (χ4n) is 2.37. The van der Waals surface area contributed by atoms with Crippen molar-refractivity contribution in [1.29, 1.82) is 0 Å². The molecule has 2 aromatic carbocycles. The van der Waals surface area contributed by atoms with E-state index in [9.17, 15) is 8.42 Å². The standard InChI is InChI=1S/C18H22O4S/c19-12-7-13-22-23(20,21)18(14-16-8-3-1-4-9-16)15-17-10-5-2-6-11-17/h1-6,8-11,18-19H,7,12-15H2. The van der Waals surface area contributed by atoms with Gasteiger partial charge in [-0.3, -0.25) is 4.18 Å². The molecular formula is C18H22O4S. The summed E-state index contributed by atoms with van der Waals surface area (Å²) in [6.45, 7) is -0.0729. The molecular weight excluding hydrogens is 312 g/mol. The first-order chi connectivity index (χ1) is 11.1. The van der Waals surface area contributed by atoms with Gasteiger partial charge in [0.2, 0.25) is 0 Å². The summed E-state index contributed by atoms with van der Waals surface area (Å²) in [5, 5.41) is 8.15. The zero-order chi connectivity index (χ0) is 16.5. The molecule has 0 amide bonds. The van der Waals surface area contributed by atoms with Gasteiger partial charge in [-0.2, -0.15) is 8.42 Å². The molecule has 0 spiro atoms. The average Bonchev–Trinajstić information content (AvgIpc) is 2.56. The molecule has 0 aliphatic heterocycles. The second-order valence-electron chi connectivity index (χ2n) is 5.39. The molecule has 0 bridgehead atoms. The minimum atomic E-state index is -3.70. The molecule has 0 aromatic heterocycles. The Labute approximate surface area is 137 Å². The first kappa shape index (κ1) is 17.7. The Hall–Kier alpha value is -1.69. The second kappa shape index (κ2) is 8.82. The maximum atomic E-state index is 12.5. The van der Waals surface area contributed by atoms with Crippen LogP contribution in [-0.2, 0) is 27.1 Å². The minimum Gasteiger partial charge on any atom is -0.396 e. The Morgan fingerprint density at radius 1 is 0.870 bits per heavy atom. The molecule has 0 saturated carbocycles. The van der Waals surface area contributed by atoms with E-state index >= 15 is 0 Å². The third kappa shape index (κ3) is 5.78. The van der Waals surface area contributed by atoms with Crippen molar-refractivity contribution in [3.63, 3.8) is 0 Å². The highest BCUT2D eigenvalue weighted by Crippen LogP contribution is 2.17. The molecule has 0 aliphatic carbocycles. The monoisotopic (exact) mass is 334 g/mol. The molecule has 0 heterocycles. The van der Waals surface area contributed by atoms with E-state index in [1.807, 2.05) is 60.7 Å². The lowest BCUT2D eigenvalue weighted by atomic mass is 10.0. The van der Waals surface area contributed by atoms with Crippen molar-refractivity contribution in [3.8, 4) is 0 Å². The van der Waals surface area contributed by atoms with Crippen LogP contribution in [0.15, 0.2) is 60.7 Å². The van der Waals surface area contributed by atoms with Crippen molar-refractivity contribution >= 4 is 10.1 Å². The normalized spacial score (nSPS) is 11.7. The van der Waals surface area contributed by atoms with Gasteiger partial charge >= 0.3 is 0 Å². The van der Waals surface area contributed by atoms with Gasteiger partial charge in [0.25, 0.3) is 10.1 Å². The summed E-state index contributed by atoms with van der Waals surface area (Å²) in [6, 6.07) is 19.1. The van der Waals surface area contributed by atoms with Crippen molar-refractivity contribution in [1.82, 2.24) is 0 Å². The SMILES string of the molecule is O=S(=O)(OCCCO)C(Cc1ccccc1)Cc1ccccc1. The van der Waals surface area contributed by atoms with E-state index in [2.05, 4.69) is 0 Å². The van der Waals surface area contributed by atoms with Crippen LogP contribution in [0.5, 0.6) is 0 Å². The molecule has 5 heteroatoms. The van der Waals surface area contributed by atoms with Crippen molar-refractivity contribution in [2.75, 3.05) is 13.2 Å². The van der Waals surface area contributed by atoms with Gasteiger partial charge in [0.1, 0.15) is 0 Å². The Kier molecular flexibility index (Phi) is 6.77. The molecule has 23 heavy (non-hydrogen) atoms. The third-order valence-corrected chi connectivity index (χ3v) is 5.22. The maximum Gasteiger partial charge on any atom is 0.270 e. The molecule has 0 fully saturated rings. The lowest BCUT2D eigenvalue weighted by molar-refractivity contribution is 0.234. The topological polar surface area (TPSA) is 63.6 Å². The number of hydrogen-bond acceptors (Lipinski definition) is 4. The van der Waals surface area contributed by atoms with Gasteiger partial charge in [0.15, 0.2) is 0 Å². The molecule has 1 N–H and O–H groups in total. The summed E-state index contributed by atoms with van der Waals surface area (Å²) in [5.74, 6) is 0. The Morgan fingerprint density at radius 2 is 1.35 bits per heavy atom. The first-order valence-electron chi connectivity index (χ1n) is 7.69. The van der Waals surface area contributed by atoms with E-state index in [1.165, 1.54) is 0 Å². The fourth-order valence-corrected chi connectivity index (χ4v) is 3.70. The van der Waals surface area contributed by atoms with E-state index in [4.69, 9.17) is 9.29 Å². The predicted molar refractivity (Wildman–Crippen MR) is 90.7 cm³/mol. The highest BCUT2D eigenvalue weighted by molar-refractivity contribution is 7.87. The van der Waals surface area contributed by atoms with E-state index in [0.717, 1.165) is 11.1 Å². The predicted octanol–water partition coefficient (Wildman–Crippen LogP) is 2.57. The highest BCUT2D eigenvalue weighted by Gasteiger charge is 2.27. The fraction of sp³-hybridized carbons (Fsp3) is 0.333.